The van der Waals surface area contributed by atoms with Gasteiger partial charge in [-0.1, -0.05) is 36.4 Å². The number of benzene rings is 2. The number of amides is 2. The monoisotopic (exact) mass is 464 g/mol. The zero-order chi connectivity index (χ0) is 24.0. The number of likely N-dealkylation sites (tertiary alicyclic amines) is 1. The van der Waals surface area contributed by atoms with Crippen LogP contribution in [0, 0.1) is 11.8 Å². The minimum Gasteiger partial charge on any atom is -0.481 e. The van der Waals surface area contributed by atoms with Gasteiger partial charge >= 0.3 is 5.97 Å². The highest BCUT2D eigenvalue weighted by atomic mass is 16.5. The number of aliphatic carboxylic acids is 1. The second kappa shape index (κ2) is 8.52. The van der Waals surface area contributed by atoms with E-state index in [0.717, 1.165) is 10.8 Å². The largest absolute Gasteiger partial charge is 0.481 e. The van der Waals surface area contributed by atoms with Gasteiger partial charge in [0.25, 0.3) is 5.91 Å². The number of fused-ring (bicyclic) bond motifs is 2. The Hall–Kier alpha value is -3.23. The van der Waals surface area contributed by atoms with Crippen LogP contribution in [0.2, 0.25) is 0 Å². The summed E-state index contributed by atoms with van der Waals surface area (Å²) in [6.45, 7) is 4.05. The van der Waals surface area contributed by atoms with Crippen molar-refractivity contribution in [2.24, 2.45) is 11.8 Å². The topological polar surface area (TPSA) is 107 Å². The number of carboxylic acids is 1. The summed E-state index contributed by atoms with van der Waals surface area (Å²) in [5.74, 6) is -3.64. The van der Waals surface area contributed by atoms with Crippen LogP contribution in [0.5, 0.6) is 0 Å². The molecule has 3 fully saturated rings. The second-order valence-electron chi connectivity index (χ2n) is 9.27. The predicted molar refractivity (Wildman–Crippen MR) is 125 cm³/mol. The van der Waals surface area contributed by atoms with Crippen molar-refractivity contribution in [2.45, 2.75) is 37.0 Å². The van der Waals surface area contributed by atoms with E-state index in [1.807, 2.05) is 42.5 Å². The fourth-order valence-electron chi connectivity index (χ4n) is 6.14. The molecular weight excluding hydrogens is 436 g/mol. The van der Waals surface area contributed by atoms with Crippen LogP contribution in [0.4, 0.5) is 5.69 Å². The Morgan fingerprint density at radius 3 is 2.71 bits per heavy atom. The Kier molecular flexibility index (Phi) is 5.65. The van der Waals surface area contributed by atoms with E-state index in [2.05, 4.69) is 6.58 Å². The van der Waals surface area contributed by atoms with Gasteiger partial charge in [-0.25, -0.2) is 0 Å². The third-order valence-corrected chi connectivity index (χ3v) is 7.50. The summed E-state index contributed by atoms with van der Waals surface area (Å²) in [5.41, 5.74) is -0.506. The summed E-state index contributed by atoms with van der Waals surface area (Å²) in [4.78, 5) is 42.8. The average Bonchev–Trinajstić information content (AvgIpc) is 3.48. The van der Waals surface area contributed by atoms with Crippen molar-refractivity contribution < 1.29 is 29.3 Å². The molecule has 0 radical (unpaired) electrons. The molecule has 34 heavy (non-hydrogen) atoms. The number of ether oxygens (including phenoxy) is 1. The quantitative estimate of drug-likeness (QED) is 0.580. The number of aliphatic hydroxyl groups is 1. The molecule has 2 bridgehead atoms. The van der Waals surface area contributed by atoms with E-state index in [1.165, 1.54) is 4.90 Å². The van der Waals surface area contributed by atoms with Crippen LogP contribution in [0.25, 0.3) is 10.8 Å². The zero-order valence-corrected chi connectivity index (χ0v) is 18.8. The van der Waals surface area contributed by atoms with Gasteiger partial charge in [-0.15, -0.1) is 6.58 Å². The van der Waals surface area contributed by atoms with Gasteiger partial charge < -0.3 is 24.7 Å². The number of carbonyl (C=O) groups is 3. The average molecular weight is 465 g/mol. The molecule has 2 unspecified atom stereocenters. The van der Waals surface area contributed by atoms with Crippen molar-refractivity contribution in [1.82, 2.24) is 4.90 Å². The highest BCUT2D eigenvalue weighted by molar-refractivity contribution is 6.05. The van der Waals surface area contributed by atoms with Gasteiger partial charge in [0.1, 0.15) is 11.6 Å². The maximum absolute atomic E-state index is 14.2. The van der Waals surface area contributed by atoms with E-state index in [9.17, 15) is 24.6 Å². The molecule has 2 N–H and O–H groups in total. The molecule has 5 rings (SSSR count). The highest BCUT2D eigenvalue weighted by Gasteiger charge is 2.74. The number of rotatable bonds is 8. The first-order valence-corrected chi connectivity index (χ1v) is 11.7. The third-order valence-electron chi connectivity index (χ3n) is 7.50. The molecule has 3 saturated heterocycles. The van der Waals surface area contributed by atoms with Crippen LogP contribution in [0.3, 0.4) is 0 Å². The molecule has 0 aliphatic carbocycles. The van der Waals surface area contributed by atoms with Gasteiger partial charge in [0.15, 0.2) is 0 Å². The van der Waals surface area contributed by atoms with Crippen molar-refractivity contribution in [2.75, 3.05) is 24.6 Å². The predicted octanol–water partition coefficient (Wildman–Crippen LogP) is 2.20. The molecule has 3 aliphatic rings. The summed E-state index contributed by atoms with van der Waals surface area (Å²) in [6.07, 6.45) is 2.29. The maximum Gasteiger partial charge on any atom is 0.310 e. The van der Waals surface area contributed by atoms with Crippen molar-refractivity contribution in [3.63, 3.8) is 0 Å². The fraction of sp³-hybridized carbons (Fsp3) is 0.423. The molecule has 5 atom stereocenters. The molecule has 8 heteroatoms. The molecule has 2 aromatic rings. The Balaban J connectivity index is 1.57. The minimum atomic E-state index is -1.17. The van der Waals surface area contributed by atoms with Gasteiger partial charge in [0.2, 0.25) is 5.91 Å². The number of carbonyl (C=O) groups excluding carboxylic acids is 2. The normalized spacial score (nSPS) is 29.4. The van der Waals surface area contributed by atoms with Gasteiger partial charge in [-0.2, -0.15) is 0 Å². The van der Waals surface area contributed by atoms with Gasteiger partial charge in [0.05, 0.1) is 17.9 Å². The molecule has 3 aliphatic heterocycles. The number of hydrogen-bond donors (Lipinski definition) is 2. The number of anilines is 1. The van der Waals surface area contributed by atoms with Crippen LogP contribution in [0.15, 0.2) is 55.1 Å². The molecule has 0 saturated carbocycles. The molecule has 3 heterocycles. The molecule has 0 aromatic heterocycles. The molecule has 1 spiro atoms. The van der Waals surface area contributed by atoms with Crippen molar-refractivity contribution in [3.8, 4) is 0 Å². The van der Waals surface area contributed by atoms with E-state index in [-0.39, 0.29) is 37.9 Å². The van der Waals surface area contributed by atoms with Crippen LogP contribution in [-0.2, 0) is 19.1 Å². The Labute approximate surface area is 197 Å². The molecule has 178 valence electrons. The molecule has 2 aromatic carbocycles. The highest BCUT2D eigenvalue weighted by Crippen LogP contribution is 2.58. The summed E-state index contributed by atoms with van der Waals surface area (Å²) < 4.78 is 6.23. The van der Waals surface area contributed by atoms with E-state index < -0.39 is 35.6 Å². The summed E-state index contributed by atoms with van der Waals surface area (Å²) in [6, 6.07) is 12.6. The summed E-state index contributed by atoms with van der Waals surface area (Å²) in [5, 5.41) is 21.3. The SMILES string of the molecule is C=CCN(C(=O)C1N(CCCO)C(=O)[C@@H]2[C@@H](C(=O)O)[C@H]3CCC12O3)c1ccc2ccccc2c1. The van der Waals surface area contributed by atoms with Crippen molar-refractivity contribution in [1.29, 1.82) is 0 Å². The lowest BCUT2D eigenvalue weighted by atomic mass is 9.70. The third kappa shape index (κ3) is 3.24. The first-order chi connectivity index (χ1) is 16.4. The van der Waals surface area contributed by atoms with Crippen molar-refractivity contribution >= 4 is 34.2 Å². The Morgan fingerprint density at radius 1 is 1.24 bits per heavy atom. The standard InChI is InChI=1S/C26H28N2O6/c1-2-12-27(18-9-8-16-6-3-4-7-17(16)15-18)24(31)22-26-11-10-19(34-26)20(25(32)33)21(26)23(30)28(22)13-5-14-29/h2-4,6-9,15,19-22,29H,1,5,10-14H2,(H,32,33)/t19-,20+,21+,22?,26?/m1/s1. The second-order valence-corrected chi connectivity index (χ2v) is 9.27. The Morgan fingerprint density at radius 2 is 2.00 bits per heavy atom. The number of aliphatic hydroxyl groups excluding tert-OH is 1. The summed E-state index contributed by atoms with van der Waals surface area (Å²) in [7, 11) is 0. The number of hydrogen-bond acceptors (Lipinski definition) is 5. The maximum atomic E-state index is 14.2. The van der Waals surface area contributed by atoms with Gasteiger partial charge in [-0.05, 0) is 42.2 Å². The van der Waals surface area contributed by atoms with Crippen LogP contribution in [0.1, 0.15) is 19.3 Å². The first-order valence-electron chi connectivity index (χ1n) is 11.7. The smallest absolute Gasteiger partial charge is 0.310 e. The minimum absolute atomic E-state index is 0.144. The molecular formula is C26H28N2O6. The van der Waals surface area contributed by atoms with Crippen molar-refractivity contribution in [3.05, 3.63) is 55.1 Å². The van der Waals surface area contributed by atoms with Gasteiger partial charge in [-0.3, -0.25) is 14.4 Å². The van der Waals surface area contributed by atoms with Crippen LogP contribution >= 0.6 is 0 Å². The van der Waals surface area contributed by atoms with E-state index in [0.29, 0.717) is 18.5 Å². The van der Waals surface area contributed by atoms with Gasteiger partial charge in [0, 0.05) is 25.4 Å². The number of nitrogens with zero attached hydrogens (tertiary/aromatic N) is 2. The lowest BCUT2D eigenvalue weighted by molar-refractivity contribution is -0.149. The van der Waals surface area contributed by atoms with Crippen LogP contribution < -0.4 is 4.90 Å². The Bertz CT molecular complexity index is 1160. The first kappa shape index (κ1) is 22.6. The number of carboxylic acid groups (broad SMARTS) is 1. The lowest BCUT2D eigenvalue weighted by Crippen LogP contribution is -2.56. The fourth-order valence-corrected chi connectivity index (χ4v) is 6.14. The van der Waals surface area contributed by atoms with E-state index in [4.69, 9.17) is 4.74 Å². The van der Waals surface area contributed by atoms with E-state index in [1.54, 1.807) is 11.0 Å². The lowest BCUT2D eigenvalue weighted by Gasteiger charge is -2.36. The molecule has 8 nitrogen and oxygen atoms in total. The molecule has 2 amide bonds. The van der Waals surface area contributed by atoms with E-state index >= 15 is 0 Å². The van der Waals surface area contributed by atoms with Crippen LogP contribution in [-0.4, -0.2) is 70.3 Å². The summed E-state index contributed by atoms with van der Waals surface area (Å²) >= 11 is 0. The zero-order valence-electron chi connectivity index (χ0n) is 18.8.